The van der Waals surface area contributed by atoms with Crippen molar-refractivity contribution in [2.75, 3.05) is 13.1 Å². The zero-order valence-corrected chi connectivity index (χ0v) is 17.2. The van der Waals surface area contributed by atoms with Gasteiger partial charge in [0.1, 0.15) is 5.75 Å². The molecule has 3 rings (SSSR count). The predicted octanol–water partition coefficient (Wildman–Crippen LogP) is 2.28. The summed E-state index contributed by atoms with van der Waals surface area (Å²) in [6.45, 7) is 7.81. The summed E-state index contributed by atoms with van der Waals surface area (Å²) in [5, 5.41) is 2.86. The fraction of sp³-hybridized carbons (Fsp3) is 0.350. The molecule has 0 spiro atoms. The number of carbonyl (C=O) groups excluding carboxylic acids is 1. The van der Waals surface area contributed by atoms with Gasteiger partial charge < -0.3 is 10.1 Å². The largest absolute Gasteiger partial charge is 0.437 e. The van der Waals surface area contributed by atoms with Gasteiger partial charge in [-0.3, -0.25) is 9.78 Å². The quantitative estimate of drug-likeness (QED) is 0.725. The van der Waals surface area contributed by atoms with Crippen molar-refractivity contribution in [1.82, 2.24) is 19.6 Å². The number of aryl methyl sites for hydroxylation is 1. The minimum Gasteiger partial charge on any atom is -0.437 e. The molecule has 2 atom stereocenters. The number of sulfonamides is 1. The lowest BCUT2D eigenvalue weighted by Gasteiger charge is -2.36. The van der Waals surface area contributed by atoms with E-state index in [0.717, 1.165) is 0 Å². The Hall–Kier alpha value is -2.78. The van der Waals surface area contributed by atoms with E-state index in [-0.39, 0.29) is 22.8 Å². The van der Waals surface area contributed by atoms with E-state index in [1.165, 1.54) is 22.6 Å². The van der Waals surface area contributed by atoms with Gasteiger partial charge >= 0.3 is 0 Å². The standard InChI is InChI=1S/C20H24N4O4S/c1-4-19(25)23-18-8-9-24(13-14(18)2)29(26,27)17-7-5-6-16(10-17)28-20-12-21-11-15(3)22-20/h4-7,10-12,14,18H,1,8-9,13H2,2-3H3,(H,23,25). The molecule has 1 fully saturated rings. The van der Waals surface area contributed by atoms with Gasteiger partial charge in [-0.2, -0.15) is 4.31 Å². The van der Waals surface area contributed by atoms with Crippen LogP contribution in [0.1, 0.15) is 19.0 Å². The molecule has 0 saturated carbocycles. The average Bonchev–Trinajstić information content (AvgIpc) is 2.69. The van der Waals surface area contributed by atoms with Crippen LogP contribution in [0.5, 0.6) is 11.6 Å². The fourth-order valence-electron chi connectivity index (χ4n) is 3.24. The van der Waals surface area contributed by atoms with Crippen LogP contribution in [0.25, 0.3) is 0 Å². The van der Waals surface area contributed by atoms with Crippen molar-refractivity contribution in [2.45, 2.75) is 31.2 Å². The highest BCUT2D eigenvalue weighted by molar-refractivity contribution is 7.89. The first-order valence-corrected chi connectivity index (χ1v) is 10.7. The third kappa shape index (κ3) is 4.99. The molecule has 29 heavy (non-hydrogen) atoms. The third-order valence-corrected chi connectivity index (χ3v) is 6.64. The normalized spacial score (nSPS) is 20.1. The second-order valence-corrected chi connectivity index (χ2v) is 8.96. The molecule has 1 aliphatic rings. The molecule has 1 aromatic carbocycles. The number of hydrogen-bond acceptors (Lipinski definition) is 6. The zero-order valence-electron chi connectivity index (χ0n) is 16.4. The minimum absolute atomic E-state index is 0.0237. The third-order valence-electron chi connectivity index (χ3n) is 4.78. The lowest BCUT2D eigenvalue weighted by atomic mass is 9.95. The minimum atomic E-state index is -3.69. The highest BCUT2D eigenvalue weighted by Crippen LogP contribution is 2.27. The Morgan fingerprint density at radius 1 is 1.38 bits per heavy atom. The van der Waals surface area contributed by atoms with Gasteiger partial charge in [0.15, 0.2) is 0 Å². The van der Waals surface area contributed by atoms with Crippen LogP contribution in [0.15, 0.2) is 54.2 Å². The molecule has 1 amide bonds. The maximum atomic E-state index is 13.1. The van der Waals surface area contributed by atoms with Gasteiger partial charge in [-0.25, -0.2) is 13.4 Å². The molecule has 1 saturated heterocycles. The Labute approximate surface area is 170 Å². The zero-order chi connectivity index (χ0) is 21.0. The van der Waals surface area contributed by atoms with Crippen molar-refractivity contribution in [2.24, 2.45) is 5.92 Å². The molecule has 1 N–H and O–H groups in total. The molecule has 0 bridgehead atoms. The number of benzene rings is 1. The first-order valence-electron chi connectivity index (χ1n) is 9.29. The number of nitrogens with one attached hydrogen (secondary N) is 1. The summed E-state index contributed by atoms with van der Waals surface area (Å²) < 4.78 is 33.3. The van der Waals surface area contributed by atoms with Crippen molar-refractivity contribution in [3.63, 3.8) is 0 Å². The molecule has 8 nitrogen and oxygen atoms in total. The van der Waals surface area contributed by atoms with Crippen LogP contribution >= 0.6 is 0 Å². The maximum Gasteiger partial charge on any atom is 0.243 e. The van der Waals surface area contributed by atoms with Gasteiger partial charge in [-0.15, -0.1) is 0 Å². The van der Waals surface area contributed by atoms with E-state index in [1.54, 1.807) is 31.3 Å². The van der Waals surface area contributed by atoms with E-state index in [4.69, 9.17) is 4.74 Å². The Morgan fingerprint density at radius 2 is 2.17 bits per heavy atom. The fourth-order valence-corrected chi connectivity index (χ4v) is 4.83. The highest BCUT2D eigenvalue weighted by Gasteiger charge is 2.34. The second-order valence-electron chi connectivity index (χ2n) is 7.02. The molecule has 1 aromatic heterocycles. The number of hydrogen-bond donors (Lipinski definition) is 1. The summed E-state index contributed by atoms with van der Waals surface area (Å²) in [6, 6.07) is 6.24. The van der Waals surface area contributed by atoms with Gasteiger partial charge in [0.25, 0.3) is 0 Å². The van der Waals surface area contributed by atoms with E-state index in [1.807, 2.05) is 6.92 Å². The van der Waals surface area contributed by atoms with Crippen molar-refractivity contribution in [3.05, 3.63) is 55.0 Å². The summed E-state index contributed by atoms with van der Waals surface area (Å²) in [5.41, 5.74) is 0.701. The molecule has 154 valence electrons. The van der Waals surface area contributed by atoms with Crippen LogP contribution in [0.2, 0.25) is 0 Å². The molecule has 9 heteroatoms. The summed E-state index contributed by atoms with van der Waals surface area (Å²) in [4.78, 5) is 19.9. The maximum absolute atomic E-state index is 13.1. The first kappa shape index (κ1) is 20.9. The lowest BCUT2D eigenvalue weighted by Crippen LogP contribution is -2.51. The highest BCUT2D eigenvalue weighted by atomic mass is 32.2. The van der Waals surface area contributed by atoms with E-state index in [0.29, 0.717) is 36.8 Å². The smallest absolute Gasteiger partial charge is 0.243 e. The van der Waals surface area contributed by atoms with Gasteiger partial charge in [0, 0.05) is 31.4 Å². The van der Waals surface area contributed by atoms with Crippen molar-refractivity contribution < 1.29 is 17.9 Å². The lowest BCUT2D eigenvalue weighted by molar-refractivity contribution is -0.117. The van der Waals surface area contributed by atoms with Crippen LogP contribution in [0.4, 0.5) is 0 Å². The number of rotatable bonds is 6. The molecule has 1 aliphatic heterocycles. The summed E-state index contributed by atoms with van der Waals surface area (Å²) >= 11 is 0. The Morgan fingerprint density at radius 3 is 2.86 bits per heavy atom. The summed E-state index contributed by atoms with van der Waals surface area (Å²) in [6.07, 6.45) is 4.84. The Bertz CT molecular complexity index is 1010. The molecule has 2 unspecified atom stereocenters. The van der Waals surface area contributed by atoms with Crippen molar-refractivity contribution in [3.8, 4) is 11.6 Å². The van der Waals surface area contributed by atoms with E-state index in [2.05, 4.69) is 21.9 Å². The second kappa shape index (κ2) is 8.71. The average molecular weight is 417 g/mol. The number of aromatic nitrogens is 2. The van der Waals surface area contributed by atoms with Gasteiger partial charge in [-0.1, -0.05) is 19.6 Å². The van der Waals surface area contributed by atoms with E-state index in [9.17, 15) is 13.2 Å². The van der Waals surface area contributed by atoms with E-state index < -0.39 is 10.0 Å². The Kier molecular flexibility index (Phi) is 6.29. The van der Waals surface area contributed by atoms with E-state index >= 15 is 0 Å². The predicted molar refractivity (Wildman–Crippen MR) is 108 cm³/mol. The van der Waals surface area contributed by atoms with Crippen molar-refractivity contribution >= 4 is 15.9 Å². The van der Waals surface area contributed by atoms with Crippen LogP contribution in [-0.2, 0) is 14.8 Å². The van der Waals surface area contributed by atoms with Gasteiger partial charge in [0.05, 0.1) is 16.8 Å². The van der Waals surface area contributed by atoms with Gasteiger partial charge in [0.2, 0.25) is 21.8 Å². The number of piperidine rings is 1. The van der Waals surface area contributed by atoms with Crippen LogP contribution in [0.3, 0.4) is 0 Å². The molecular weight excluding hydrogens is 392 g/mol. The topological polar surface area (TPSA) is 101 Å². The van der Waals surface area contributed by atoms with Crippen LogP contribution < -0.4 is 10.1 Å². The molecular formula is C20H24N4O4S. The van der Waals surface area contributed by atoms with Crippen molar-refractivity contribution in [1.29, 1.82) is 0 Å². The SMILES string of the molecule is C=CC(=O)NC1CCN(S(=O)(=O)c2cccc(Oc3cncc(C)n3)c2)CC1C. The molecule has 0 radical (unpaired) electrons. The number of ether oxygens (including phenoxy) is 1. The first-order chi connectivity index (χ1) is 13.8. The number of nitrogens with zero attached hydrogens (tertiary/aromatic N) is 3. The summed E-state index contributed by atoms with van der Waals surface area (Å²) in [5.74, 6) is 0.394. The van der Waals surface area contributed by atoms with Crippen LogP contribution in [0, 0.1) is 12.8 Å². The Balaban J connectivity index is 1.74. The molecule has 0 aliphatic carbocycles. The summed E-state index contributed by atoms with van der Waals surface area (Å²) in [7, 11) is -3.69. The molecule has 2 aromatic rings. The number of carbonyl (C=O) groups is 1. The van der Waals surface area contributed by atoms with Gasteiger partial charge in [-0.05, 0) is 37.5 Å². The monoisotopic (exact) mass is 416 g/mol. The molecule has 2 heterocycles. The van der Waals surface area contributed by atoms with Crippen LogP contribution in [-0.4, -0.2) is 47.7 Å². The number of amides is 1.